The Kier molecular flexibility index (Phi) is 4.00. The fraction of sp³-hybridized carbons (Fsp3) is 0.364. The molecule has 0 fully saturated rings. The molecule has 2 nitrogen and oxygen atoms in total. The molecule has 0 saturated carbocycles. The maximum Gasteiger partial charge on any atom is 0.242 e. The summed E-state index contributed by atoms with van der Waals surface area (Å²) < 4.78 is 0. The summed E-state index contributed by atoms with van der Waals surface area (Å²) in [6.45, 7) is 5.47. The quantitative estimate of drug-likeness (QED) is 0.794. The molecule has 1 aromatic rings. The summed E-state index contributed by atoms with van der Waals surface area (Å²) >= 11 is 11.7. The average molecular weight is 246 g/mol. The van der Waals surface area contributed by atoms with Gasteiger partial charge >= 0.3 is 0 Å². The minimum absolute atomic E-state index is 0.245. The Hall–Kier alpha value is -0.730. The van der Waals surface area contributed by atoms with E-state index in [0.29, 0.717) is 10.7 Å². The lowest BCUT2D eigenvalue weighted by Crippen LogP contribution is -2.21. The van der Waals surface area contributed by atoms with Crippen molar-refractivity contribution in [3.63, 3.8) is 0 Å². The van der Waals surface area contributed by atoms with Crippen LogP contribution in [0.5, 0.6) is 0 Å². The second-order valence-corrected chi connectivity index (χ2v) is 4.61. The fourth-order valence-electron chi connectivity index (χ4n) is 1.30. The smallest absolute Gasteiger partial charge is 0.242 e. The predicted octanol–water partition coefficient (Wildman–Crippen LogP) is 3.52. The molecule has 0 heterocycles. The fourth-order valence-corrected chi connectivity index (χ4v) is 1.72. The molecule has 1 amide bonds. The number of halogens is 2. The maximum absolute atomic E-state index is 11.4. The van der Waals surface area contributed by atoms with Gasteiger partial charge in [-0.25, -0.2) is 0 Å². The van der Waals surface area contributed by atoms with Crippen LogP contribution in [0.15, 0.2) is 12.1 Å². The number of carbonyl (C=O) groups is 1. The van der Waals surface area contributed by atoms with Crippen LogP contribution >= 0.6 is 23.2 Å². The maximum atomic E-state index is 11.4. The van der Waals surface area contributed by atoms with Gasteiger partial charge in [0.25, 0.3) is 0 Å². The molecule has 1 rings (SSSR count). The van der Waals surface area contributed by atoms with Gasteiger partial charge in [0.2, 0.25) is 5.91 Å². The van der Waals surface area contributed by atoms with E-state index in [9.17, 15) is 4.79 Å². The lowest BCUT2D eigenvalue weighted by Gasteiger charge is -2.12. The SMILES string of the molecule is Cc1cc(C)c(NC(=O)C(C)Cl)c(Cl)c1. The number of amides is 1. The minimum atomic E-state index is -0.568. The summed E-state index contributed by atoms with van der Waals surface area (Å²) in [5, 5.41) is 2.67. The lowest BCUT2D eigenvalue weighted by atomic mass is 10.1. The van der Waals surface area contributed by atoms with Gasteiger partial charge in [0.1, 0.15) is 5.38 Å². The summed E-state index contributed by atoms with van der Waals surface area (Å²) in [5.41, 5.74) is 2.64. The topological polar surface area (TPSA) is 29.1 Å². The Balaban J connectivity index is 3.00. The number of anilines is 1. The van der Waals surface area contributed by atoms with Crippen LogP contribution in [0, 0.1) is 13.8 Å². The van der Waals surface area contributed by atoms with E-state index in [0.717, 1.165) is 11.1 Å². The number of rotatable bonds is 2. The first-order valence-electron chi connectivity index (χ1n) is 4.63. The van der Waals surface area contributed by atoms with Crippen LogP contribution in [0.1, 0.15) is 18.1 Å². The van der Waals surface area contributed by atoms with Crippen molar-refractivity contribution in [2.75, 3.05) is 5.32 Å². The Bertz CT molecular complexity index is 365. The summed E-state index contributed by atoms with van der Waals surface area (Å²) in [7, 11) is 0. The van der Waals surface area contributed by atoms with E-state index in [1.54, 1.807) is 6.92 Å². The molecule has 4 heteroatoms. The molecular formula is C11H13Cl2NO. The molecule has 82 valence electrons. The van der Waals surface area contributed by atoms with Gasteiger partial charge in [-0.2, -0.15) is 0 Å². The van der Waals surface area contributed by atoms with Gasteiger partial charge in [0, 0.05) is 0 Å². The number of carbonyl (C=O) groups excluding carboxylic acids is 1. The zero-order chi connectivity index (χ0) is 11.6. The van der Waals surface area contributed by atoms with Crippen LogP contribution in [0.4, 0.5) is 5.69 Å². The van der Waals surface area contributed by atoms with Crippen molar-refractivity contribution >= 4 is 34.8 Å². The highest BCUT2D eigenvalue weighted by Gasteiger charge is 2.13. The molecular weight excluding hydrogens is 233 g/mol. The normalized spacial score (nSPS) is 12.3. The van der Waals surface area contributed by atoms with Crippen molar-refractivity contribution in [2.24, 2.45) is 0 Å². The molecule has 0 aliphatic rings. The molecule has 1 N–H and O–H groups in total. The summed E-state index contributed by atoms with van der Waals surface area (Å²) in [4.78, 5) is 11.4. The molecule has 0 saturated heterocycles. The molecule has 0 aliphatic heterocycles. The Morgan fingerprint density at radius 2 is 2.00 bits per heavy atom. The summed E-state index contributed by atoms with van der Waals surface area (Å²) in [6, 6.07) is 3.77. The zero-order valence-electron chi connectivity index (χ0n) is 8.90. The van der Waals surface area contributed by atoms with E-state index in [2.05, 4.69) is 5.32 Å². The van der Waals surface area contributed by atoms with E-state index in [-0.39, 0.29) is 5.91 Å². The Morgan fingerprint density at radius 3 is 2.47 bits per heavy atom. The van der Waals surface area contributed by atoms with Crippen molar-refractivity contribution in [1.82, 2.24) is 0 Å². The van der Waals surface area contributed by atoms with E-state index >= 15 is 0 Å². The number of nitrogens with one attached hydrogen (secondary N) is 1. The van der Waals surface area contributed by atoms with Crippen LogP contribution in [0.3, 0.4) is 0 Å². The van der Waals surface area contributed by atoms with Crippen LogP contribution in [0.2, 0.25) is 5.02 Å². The molecule has 1 aromatic carbocycles. The van der Waals surface area contributed by atoms with E-state index in [4.69, 9.17) is 23.2 Å². The third-order valence-electron chi connectivity index (χ3n) is 2.04. The second-order valence-electron chi connectivity index (χ2n) is 3.54. The monoisotopic (exact) mass is 245 g/mol. The molecule has 1 unspecified atom stereocenters. The third kappa shape index (κ3) is 3.11. The Morgan fingerprint density at radius 1 is 1.40 bits per heavy atom. The first kappa shape index (κ1) is 12.3. The first-order chi connectivity index (χ1) is 6.91. The van der Waals surface area contributed by atoms with Gasteiger partial charge in [0.15, 0.2) is 0 Å². The number of hydrogen-bond acceptors (Lipinski definition) is 1. The van der Waals surface area contributed by atoms with Crippen molar-refractivity contribution < 1.29 is 4.79 Å². The van der Waals surface area contributed by atoms with Gasteiger partial charge in [-0.15, -0.1) is 11.6 Å². The molecule has 1 atom stereocenters. The van der Waals surface area contributed by atoms with Gasteiger partial charge in [-0.05, 0) is 38.0 Å². The number of aryl methyl sites for hydroxylation is 2. The van der Waals surface area contributed by atoms with E-state index < -0.39 is 5.38 Å². The number of alkyl halides is 1. The first-order valence-corrected chi connectivity index (χ1v) is 5.45. The van der Waals surface area contributed by atoms with Gasteiger partial charge in [-0.1, -0.05) is 17.7 Å². The van der Waals surface area contributed by atoms with Crippen molar-refractivity contribution in [1.29, 1.82) is 0 Å². The van der Waals surface area contributed by atoms with Crippen molar-refractivity contribution in [2.45, 2.75) is 26.1 Å². The third-order valence-corrected chi connectivity index (χ3v) is 2.54. The van der Waals surface area contributed by atoms with Crippen LogP contribution in [-0.2, 0) is 4.79 Å². The Labute approximate surface area is 99.6 Å². The summed E-state index contributed by atoms with van der Waals surface area (Å²) in [5.74, 6) is -0.245. The number of hydrogen-bond donors (Lipinski definition) is 1. The van der Waals surface area contributed by atoms with Gasteiger partial charge in [-0.3, -0.25) is 4.79 Å². The molecule has 0 aromatic heterocycles. The van der Waals surface area contributed by atoms with Crippen molar-refractivity contribution in [3.8, 4) is 0 Å². The van der Waals surface area contributed by atoms with Gasteiger partial charge < -0.3 is 5.32 Å². The lowest BCUT2D eigenvalue weighted by molar-refractivity contribution is -0.115. The molecule has 0 aliphatic carbocycles. The molecule has 0 bridgehead atoms. The average Bonchev–Trinajstić information content (AvgIpc) is 2.10. The summed E-state index contributed by atoms with van der Waals surface area (Å²) in [6.07, 6.45) is 0. The van der Waals surface area contributed by atoms with Crippen molar-refractivity contribution in [3.05, 3.63) is 28.3 Å². The van der Waals surface area contributed by atoms with Crippen LogP contribution in [-0.4, -0.2) is 11.3 Å². The highest BCUT2D eigenvalue weighted by molar-refractivity contribution is 6.35. The molecule has 0 radical (unpaired) electrons. The predicted molar refractivity (Wildman–Crippen MR) is 64.9 cm³/mol. The highest BCUT2D eigenvalue weighted by atomic mass is 35.5. The van der Waals surface area contributed by atoms with Crippen LogP contribution < -0.4 is 5.32 Å². The van der Waals surface area contributed by atoms with E-state index in [1.165, 1.54) is 0 Å². The van der Waals surface area contributed by atoms with Crippen LogP contribution in [0.25, 0.3) is 0 Å². The highest BCUT2D eigenvalue weighted by Crippen LogP contribution is 2.27. The second kappa shape index (κ2) is 4.86. The number of benzene rings is 1. The van der Waals surface area contributed by atoms with E-state index in [1.807, 2.05) is 26.0 Å². The molecule has 0 spiro atoms. The zero-order valence-corrected chi connectivity index (χ0v) is 10.4. The molecule has 15 heavy (non-hydrogen) atoms. The largest absolute Gasteiger partial charge is 0.323 e. The minimum Gasteiger partial charge on any atom is -0.323 e. The van der Waals surface area contributed by atoms with Gasteiger partial charge in [0.05, 0.1) is 10.7 Å². The standard InChI is InChI=1S/C11H13Cl2NO/c1-6-4-7(2)10(9(13)5-6)14-11(15)8(3)12/h4-5,8H,1-3H3,(H,14,15).